The number of ether oxygens (including phenoxy) is 2. The van der Waals surface area contributed by atoms with E-state index in [0.717, 1.165) is 0 Å². The highest BCUT2D eigenvalue weighted by Crippen LogP contribution is 2.30. The standard InChI is InChI=1S/C12H13NO5/c1-7(11(14)12(15)13-16)8-4-5-9(17-2)10(6-8)18-3/h4-6,16H,1H2,2-3H3,(H,13,15). The summed E-state index contributed by atoms with van der Waals surface area (Å²) in [5, 5.41) is 8.38. The number of ketones is 1. The molecule has 1 rings (SSSR count). The molecule has 0 radical (unpaired) electrons. The number of methoxy groups -OCH3 is 2. The van der Waals surface area contributed by atoms with Gasteiger partial charge in [-0.15, -0.1) is 0 Å². The van der Waals surface area contributed by atoms with Crippen molar-refractivity contribution in [2.45, 2.75) is 0 Å². The smallest absolute Gasteiger partial charge is 0.315 e. The van der Waals surface area contributed by atoms with E-state index in [1.807, 2.05) is 0 Å². The fourth-order valence-electron chi connectivity index (χ4n) is 1.34. The second-order valence-corrected chi connectivity index (χ2v) is 3.32. The van der Waals surface area contributed by atoms with Crippen LogP contribution in [0.3, 0.4) is 0 Å². The van der Waals surface area contributed by atoms with Crippen molar-refractivity contribution < 1.29 is 24.3 Å². The van der Waals surface area contributed by atoms with Crippen molar-refractivity contribution in [1.82, 2.24) is 5.48 Å². The average molecular weight is 251 g/mol. The first kappa shape index (κ1) is 13.7. The molecule has 0 unspecified atom stereocenters. The predicted octanol–water partition coefficient (Wildman–Crippen LogP) is 0.792. The second kappa shape index (κ2) is 5.83. The third-order valence-electron chi connectivity index (χ3n) is 2.31. The summed E-state index contributed by atoms with van der Waals surface area (Å²) in [6.07, 6.45) is 0. The van der Waals surface area contributed by atoms with Crippen LogP contribution in [0.4, 0.5) is 0 Å². The lowest BCUT2D eigenvalue weighted by Crippen LogP contribution is -2.28. The summed E-state index contributed by atoms with van der Waals surface area (Å²) in [5.41, 5.74) is 1.61. The van der Waals surface area contributed by atoms with E-state index >= 15 is 0 Å². The number of hydrogen-bond acceptors (Lipinski definition) is 5. The molecule has 0 bridgehead atoms. The zero-order valence-corrected chi connectivity index (χ0v) is 10.0. The molecule has 1 aromatic carbocycles. The zero-order valence-electron chi connectivity index (χ0n) is 10.0. The SMILES string of the molecule is C=C(C(=O)C(=O)NO)c1ccc(OC)c(OC)c1. The molecule has 0 saturated carbocycles. The number of nitrogens with one attached hydrogen (secondary N) is 1. The lowest BCUT2D eigenvalue weighted by Gasteiger charge is -2.10. The van der Waals surface area contributed by atoms with E-state index < -0.39 is 11.7 Å². The molecular weight excluding hydrogens is 238 g/mol. The Hall–Kier alpha value is -2.34. The average Bonchev–Trinajstić information content (AvgIpc) is 2.43. The Bertz CT molecular complexity index is 495. The van der Waals surface area contributed by atoms with Crippen molar-refractivity contribution in [3.8, 4) is 11.5 Å². The van der Waals surface area contributed by atoms with Crippen LogP contribution in [0.2, 0.25) is 0 Å². The first-order valence-corrected chi connectivity index (χ1v) is 4.95. The number of amides is 1. The monoisotopic (exact) mass is 251 g/mol. The summed E-state index contributed by atoms with van der Waals surface area (Å²) >= 11 is 0. The Balaban J connectivity index is 3.07. The third-order valence-corrected chi connectivity index (χ3v) is 2.31. The van der Waals surface area contributed by atoms with Crippen molar-refractivity contribution in [2.75, 3.05) is 14.2 Å². The third kappa shape index (κ3) is 2.67. The van der Waals surface area contributed by atoms with Crippen molar-refractivity contribution in [3.05, 3.63) is 30.3 Å². The van der Waals surface area contributed by atoms with Crippen LogP contribution in [0.5, 0.6) is 11.5 Å². The molecule has 0 aliphatic rings. The minimum Gasteiger partial charge on any atom is -0.493 e. The molecule has 6 heteroatoms. The molecular formula is C12H13NO5. The van der Waals surface area contributed by atoms with Crippen molar-refractivity contribution in [3.63, 3.8) is 0 Å². The highest BCUT2D eigenvalue weighted by Gasteiger charge is 2.19. The van der Waals surface area contributed by atoms with Gasteiger partial charge < -0.3 is 9.47 Å². The molecule has 0 saturated heterocycles. The maximum atomic E-state index is 11.5. The van der Waals surface area contributed by atoms with Gasteiger partial charge in [0.05, 0.1) is 14.2 Å². The molecule has 1 aromatic rings. The normalized spacial score (nSPS) is 9.50. The van der Waals surface area contributed by atoms with Gasteiger partial charge in [0.1, 0.15) is 0 Å². The van der Waals surface area contributed by atoms with E-state index in [2.05, 4.69) is 6.58 Å². The van der Waals surface area contributed by atoms with Gasteiger partial charge in [-0.05, 0) is 17.7 Å². The van der Waals surface area contributed by atoms with E-state index in [1.54, 1.807) is 12.1 Å². The van der Waals surface area contributed by atoms with Gasteiger partial charge in [0.2, 0.25) is 0 Å². The van der Waals surface area contributed by atoms with Crippen LogP contribution in [0.1, 0.15) is 5.56 Å². The Kier molecular flexibility index (Phi) is 4.45. The van der Waals surface area contributed by atoms with Gasteiger partial charge in [0.15, 0.2) is 11.5 Å². The number of rotatable bonds is 5. The zero-order chi connectivity index (χ0) is 13.7. The Morgan fingerprint density at radius 3 is 2.33 bits per heavy atom. The molecule has 0 spiro atoms. The van der Waals surface area contributed by atoms with E-state index in [0.29, 0.717) is 17.1 Å². The summed E-state index contributed by atoms with van der Waals surface area (Å²) in [6, 6.07) is 4.67. The van der Waals surface area contributed by atoms with Crippen LogP contribution in [0, 0.1) is 0 Å². The van der Waals surface area contributed by atoms with Crippen molar-refractivity contribution >= 4 is 17.3 Å². The summed E-state index contributed by atoms with van der Waals surface area (Å²) in [4.78, 5) is 22.5. The maximum absolute atomic E-state index is 11.5. The van der Waals surface area contributed by atoms with Crippen LogP contribution < -0.4 is 15.0 Å². The van der Waals surface area contributed by atoms with Crippen molar-refractivity contribution in [1.29, 1.82) is 0 Å². The lowest BCUT2D eigenvalue weighted by molar-refractivity contribution is -0.140. The van der Waals surface area contributed by atoms with Gasteiger partial charge in [0, 0.05) is 5.57 Å². The summed E-state index contributed by atoms with van der Waals surface area (Å²) in [6.45, 7) is 3.51. The molecule has 2 N–H and O–H groups in total. The minimum atomic E-state index is -1.14. The molecule has 0 aliphatic heterocycles. The first-order chi connectivity index (χ1) is 8.54. The fraction of sp³-hybridized carbons (Fsp3) is 0.167. The van der Waals surface area contributed by atoms with Gasteiger partial charge in [0.25, 0.3) is 5.78 Å². The molecule has 0 fully saturated rings. The van der Waals surface area contributed by atoms with Gasteiger partial charge in [-0.1, -0.05) is 12.6 Å². The molecule has 0 aliphatic carbocycles. The van der Waals surface area contributed by atoms with Gasteiger partial charge >= 0.3 is 5.91 Å². The molecule has 0 heterocycles. The topological polar surface area (TPSA) is 84.9 Å². The largest absolute Gasteiger partial charge is 0.493 e. The van der Waals surface area contributed by atoms with Crippen LogP contribution in [-0.4, -0.2) is 31.1 Å². The van der Waals surface area contributed by atoms with E-state index in [4.69, 9.17) is 14.7 Å². The molecule has 18 heavy (non-hydrogen) atoms. The Morgan fingerprint density at radius 1 is 1.22 bits per heavy atom. The summed E-state index contributed by atoms with van der Waals surface area (Å²) in [5.74, 6) is -1.17. The molecule has 0 aromatic heterocycles. The quantitative estimate of drug-likeness (QED) is 0.350. The van der Waals surface area contributed by atoms with Crippen LogP contribution in [0.25, 0.3) is 5.57 Å². The Labute approximate surface area is 104 Å². The number of hydrogen-bond donors (Lipinski definition) is 2. The van der Waals surface area contributed by atoms with Gasteiger partial charge in [-0.3, -0.25) is 14.8 Å². The number of carbonyl (C=O) groups is 2. The van der Waals surface area contributed by atoms with E-state index in [1.165, 1.54) is 25.8 Å². The van der Waals surface area contributed by atoms with Crippen molar-refractivity contribution in [2.24, 2.45) is 0 Å². The van der Waals surface area contributed by atoms with E-state index in [9.17, 15) is 9.59 Å². The van der Waals surface area contributed by atoms with Gasteiger partial charge in [-0.2, -0.15) is 0 Å². The number of Topliss-reactive ketones (excluding diaryl/α,β-unsaturated/α-hetero) is 1. The molecule has 96 valence electrons. The molecule has 1 amide bonds. The van der Waals surface area contributed by atoms with Crippen LogP contribution >= 0.6 is 0 Å². The lowest BCUT2D eigenvalue weighted by atomic mass is 10.0. The number of benzene rings is 1. The van der Waals surface area contributed by atoms with E-state index in [-0.39, 0.29) is 5.57 Å². The summed E-state index contributed by atoms with van der Waals surface area (Å²) < 4.78 is 10.1. The summed E-state index contributed by atoms with van der Waals surface area (Å²) in [7, 11) is 2.93. The van der Waals surface area contributed by atoms with Crippen LogP contribution in [-0.2, 0) is 9.59 Å². The second-order valence-electron chi connectivity index (χ2n) is 3.32. The Morgan fingerprint density at radius 2 is 1.83 bits per heavy atom. The van der Waals surface area contributed by atoms with Crippen LogP contribution in [0.15, 0.2) is 24.8 Å². The highest BCUT2D eigenvalue weighted by molar-refractivity contribution is 6.52. The highest BCUT2D eigenvalue weighted by atomic mass is 16.5. The predicted molar refractivity (Wildman–Crippen MR) is 63.5 cm³/mol. The number of hydroxylamine groups is 1. The maximum Gasteiger partial charge on any atom is 0.315 e. The fourth-order valence-corrected chi connectivity index (χ4v) is 1.34. The number of carbonyl (C=O) groups excluding carboxylic acids is 2. The molecule has 6 nitrogen and oxygen atoms in total. The molecule has 0 atom stereocenters. The first-order valence-electron chi connectivity index (χ1n) is 4.95. The van der Waals surface area contributed by atoms with Gasteiger partial charge in [-0.25, -0.2) is 5.48 Å². The minimum absolute atomic E-state index is 0.0532.